The van der Waals surface area contributed by atoms with Gasteiger partial charge < -0.3 is 4.74 Å². The predicted molar refractivity (Wildman–Crippen MR) is 83.1 cm³/mol. The zero-order valence-corrected chi connectivity index (χ0v) is 13.3. The van der Waals surface area contributed by atoms with Gasteiger partial charge in [-0.3, -0.25) is 9.52 Å². The van der Waals surface area contributed by atoms with Crippen LogP contribution in [0.3, 0.4) is 0 Å². The molecule has 3 rings (SSSR count). The molecule has 0 bridgehead atoms. The topological polar surface area (TPSA) is 72.5 Å². The second-order valence-electron chi connectivity index (χ2n) is 4.65. The van der Waals surface area contributed by atoms with Crippen LogP contribution in [0, 0.1) is 0 Å². The van der Waals surface area contributed by atoms with Crippen LogP contribution in [0.1, 0.15) is 5.56 Å². The van der Waals surface area contributed by atoms with Gasteiger partial charge in [0.05, 0.1) is 27.0 Å². The van der Waals surface area contributed by atoms with Crippen molar-refractivity contribution in [2.75, 3.05) is 4.72 Å². The zero-order valence-electron chi connectivity index (χ0n) is 11.0. The van der Waals surface area contributed by atoms with Gasteiger partial charge in [-0.25, -0.2) is 8.42 Å². The summed E-state index contributed by atoms with van der Waals surface area (Å²) in [6.45, 7) is 0. The number of ether oxygens (including phenoxy) is 1. The Hall–Kier alpha value is -1.76. The number of hydrogen-bond acceptors (Lipinski definition) is 4. The standard InChI is InChI=1S/C14H9Cl2NO4S/c15-11-4-2-9(6-12(11)16)17-22(19,20)10-3-1-8-5-14(18)21-13(8)7-10/h1-4,6-7,17H,5H2. The van der Waals surface area contributed by atoms with Crippen LogP contribution >= 0.6 is 23.2 Å². The van der Waals surface area contributed by atoms with E-state index in [2.05, 4.69) is 4.72 Å². The van der Waals surface area contributed by atoms with Crippen molar-refractivity contribution in [2.45, 2.75) is 11.3 Å². The van der Waals surface area contributed by atoms with Crippen LogP contribution < -0.4 is 9.46 Å². The summed E-state index contributed by atoms with van der Waals surface area (Å²) in [6, 6.07) is 8.70. The van der Waals surface area contributed by atoms with Gasteiger partial charge in [0.1, 0.15) is 5.75 Å². The number of sulfonamides is 1. The third kappa shape index (κ3) is 2.90. The number of carbonyl (C=O) groups excluding carboxylic acids is 1. The third-order valence-electron chi connectivity index (χ3n) is 3.08. The molecule has 1 aliphatic heterocycles. The lowest BCUT2D eigenvalue weighted by Gasteiger charge is -2.09. The second-order valence-corrected chi connectivity index (χ2v) is 7.15. The highest BCUT2D eigenvalue weighted by atomic mass is 35.5. The molecule has 0 saturated carbocycles. The molecule has 2 aromatic carbocycles. The van der Waals surface area contributed by atoms with Crippen molar-refractivity contribution in [2.24, 2.45) is 0 Å². The van der Waals surface area contributed by atoms with Crippen molar-refractivity contribution >= 4 is 44.9 Å². The number of fused-ring (bicyclic) bond motifs is 1. The molecule has 0 aliphatic carbocycles. The van der Waals surface area contributed by atoms with Crippen LogP contribution in [0.5, 0.6) is 5.75 Å². The molecular weight excluding hydrogens is 349 g/mol. The van der Waals surface area contributed by atoms with Gasteiger partial charge in [-0.1, -0.05) is 29.3 Å². The summed E-state index contributed by atoms with van der Waals surface area (Å²) in [6.07, 6.45) is 0.149. The average molecular weight is 358 g/mol. The Kier molecular flexibility index (Phi) is 3.76. The van der Waals surface area contributed by atoms with E-state index in [1.807, 2.05) is 0 Å². The monoisotopic (exact) mass is 357 g/mol. The van der Waals surface area contributed by atoms with Gasteiger partial charge in [0.15, 0.2) is 0 Å². The maximum absolute atomic E-state index is 12.4. The van der Waals surface area contributed by atoms with E-state index in [1.165, 1.54) is 30.3 Å². The number of carbonyl (C=O) groups is 1. The van der Waals surface area contributed by atoms with Crippen molar-refractivity contribution in [1.82, 2.24) is 0 Å². The van der Waals surface area contributed by atoms with Crippen LogP contribution in [-0.4, -0.2) is 14.4 Å². The zero-order chi connectivity index (χ0) is 15.9. The van der Waals surface area contributed by atoms with Crippen molar-refractivity contribution in [3.8, 4) is 5.75 Å². The smallest absolute Gasteiger partial charge is 0.315 e. The predicted octanol–water partition coefficient (Wildman–Crippen LogP) is 3.26. The number of halogens is 2. The summed E-state index contributed by atoms with van der Waals surface area (Å²) in [7, 11) is -3.83. The number of rotatable bonds is 3. The molecule has 1 heterocycles. The van der Waals surface area contributed by atoms with E-state index in [-0.39, 0.29) is 27.8 Å². The molecular formula is C14H9Cl2NO4S. The minimum absolute atomic E-state index is 0.00739. The van der Waals surface area contributed by atoms with E-state index in [0.717, 1.165) is 0 Å². The summed E-state index contributed by atoms with van der Waals surface area (Å²) in [5, 5.41) is 0.568. The molecule has 0 aromatic heterocycles. The van der Waals surface area contributed by atoms with Crippen molar-refractivity contribution in [1.29, 1.82) is 0 Å². The lowest BCUT2D eigenvalue weighted by atomic mass is 10.2. The van der Waals surface area contributed by atoms with E-state index in [0.29, 0.717) is 10.6 Å². The highest BCUT2D eigenvalue weighted by Crippen LogP contribution is 2.30. The van der Waals surface area contributed by atoms with Crippen LogP contribution in [0.15, 0.2) is 41.3 Å². The lowest BCUT2D eigenvalue weighted by molar-refractivity contribution is -0.131. The molecule has 0 unspecified atom stereocenters. The van der Waals surface area contributed by atoms with Gasteiger partial charge in [0.25, 0.3) is 10.0 Å². The molecule has 0 amide bonds. The Labute approximate surface area is 136 Å². The van der Waals surface area contributed by atoms with Crippen molar-refractivity contribution in [3.63, 3.8) is 0 Å². The van der Waals surface area contributed by atoms with Gasteiger partial charge >= 0.3 is 5.97 Å². The fourth-order valence-electron chi connectivity index (χ4n) is 2.03. The SMILES string of the molecule is O=C1Cc2ccc(S(=O)(=O)Nc3ccc(Cl)c(Cl)c3)cc2O1. The molecule has 0 spiro atoms. The Bertz CT molecular complexity index is 880. The normalized spacial score (nSPS) is 13.6. The summed E-state index contributed by atoms with van der Waals surface area (Å²) in [5.41, 5.74) is 0.949. The van der Waals surface area contributed by atoms with Gasteiger partial charge in [0, 0.05) is 11.6 Å². The Morgan fingerprint density at radius 3 is 2.55 bits per heavy atom. The van der Waals surface area contributed by atoms with E-state index in [4.69, 9.17) is 27.9 Å². The molecule has 8 heteroatoms. The first-order valence-electron chi connectivity index (χ1n) is 6.17. The fourth-order valence-corrected chi connectivity index (χ4v) is 3.39. The molecule has 0 atom stereocenters. The second kappa shape index (κ2) is 5.46. The van der Waals surface area contributed by atoms with E-state index < -0.39 is 16.0 Å². The van der Waals surface area contributed by atoms with Crippen LogP contribution in [0.4, 0.5) is 5.69 Å². The molecule has 0 radical (unpaired) electrons. The number of benzene rings is 2. The number of anilines is 1. The minimum atomic E-state index is -3.83. The largest absolute Gasteiger partial charge is 0.426 e. The van der Waals surface area contributed by atoms with Gasteiger partial charge in [-0.2, -0.15) is 0 Å². The number of esters is 1. The summed E-state index contributed by atoms with van der Waals surface area (Å²) in [5.74, 6) is -0.135. The minimum Gasteiger partial charge on any atom is -0.426 e. The lowest BCUT2D eigenvalue weighted by Crippen LogP contribution is -2.13. The highest BCUT2D eigenvalue weighted by Gasteiger charge is 2.24. The first-order chi connectivity index (χ1) is 10.3. The summed E-state index contributed by atoms with van der Waals surface area (Å²) in [4.78, 5) is 11.2. The van der Waals surface area contributed by atoms with Gasteiger partial charge in [0.2, 0.25) is 0 Å². The fraction of sp³-hybridized carbons (Fsp3) is 0.0714. The van der Waals surface area contributed by atoms with Crippen LogP contribution in [-0.2, 0) is 21.2 Å². The van der Waals surface area contributed by atoms with E-state index >= 15 is 0 Å². The van der Waals surface area contributed by atoms with Crippen molar-refractivity contribution in [3.05, 3.63) is 52.0 Å². The molecule has 114 valence electrons. The Balaban J connectivity index is 1.92. The van der Waals surface area contributed by atoms with Crippen molar-refractivity contribution < 1.29 is 17.9 Å². The third-order valence-corrected chi connectivity index (χ3v) is 5.20. The van der Waals surface area contributed by atoms with Crippen LogP contribution in [0.2, 0.25) is 10.0 Å². The number of hydrogen-bond donors (Lipinski definition) is 1. The summed E-state index contributed by atoms with van der Waals surface area (Å²) >= 11 is 11.6. The van der Waals surface area contributed by atoms with Gasteiger partial charge in [-0.05, 0) is 24.3 Å². The number of nitrogens with one attached hydrogen (secondary N) is 1. The van der Waals surface area contributed by atoms with Crippen LogP contribution in [0.25, 0.3) is 0 Å². The molecule has 1 aliphatic rings. The molecule has 0 saturated heterocycles. The Morgan fingerprint density at radius 1 is 1.05 bits per heavy atom. The maximum Gasteiger partial charge on any atom is 0.315 e. The van der Waals surface area contributed by atoms with Gasteiger partial charge in [-0.15, -0.1) is 0 Å². The van der Waals surface area contributed by atoms with E-state index in [9.17, 15) is 13.2 Å². The molecule has 1 N–H and O–H groups in total. The highest BCUT2D eigenvalue weighted by molar-refractivity contribution is 7.92. The quantitative estimate of drug-likeness (QED) is 0.675. The summed E-state index contributed by atoms with van der Waals surface area (Å²) < 4.78 is 32.1. The van der Waals surface area contributed by atoms with E-state index in [1.54, 1.807) is 6.07 Å². The molecule has 5 nitrogen and oxygen atoms in total. The molecule has 2 aromatic rings. The first-order valence-corrected chi connectivity index (χ1v) is 8.40. The average Bonchev–Trinajstić information content (AvgIpc) is 2.81. The maximum atomic E-state index is 12.4. The Morgan fingerprint density at radius 2 is 1.82 bits per heavy atom. The molecule has 22 heavy (non-hydrogen) atoms. The molecule has 0 fully saturated rings. The first kappa shape index (κ1) is 15.1.